The van der Waals surface area contributed by atoms with Gasteiger partial charge in [0.25, 0.3) is 10.2 Å². The van der Waals surface area contributed by atoms with Crippen LogP contribution in [0.3, 0.4) is 0 Å². The van der Waals surface area contributed by atoms with Crippen LogP contribution >= 0.6 is 11.6 Å². The molecular weight excluding hydrogens is 562 g/mol. The second-order valence-corrected chi connectivity index (χ2v) is 11.5. The molecule has 1 aromatic carbocycles. The molecule has 11 nitrogen and oxygen atoms in total. The lowest BCUT2D eigenvalue weighted by molar-refractivity contribution is -0.150. The lowest BCUT2D eigenvalue weighted by atomic mass is 10.1. The zero-order valence-electron chi connectivity index (χ0n) is 24.2. The van der Waals surface area contributed by atoms with E-state index in [0.717, 1.165) is 6.42 Å². The SMILES string of the molecule is CC.CCC[C@@H]1CN(S(=O)(=O)N2CCC(Oc3ccc(Cl)cc3)CC2)[C@H](C(=O)OCC)CN1C(=O)OCCOC. The maximum atomic E-state index is 13.8. The molecule has 2 aliphatic heterocycles. The number of halogens is 1. The summed E-state index contributed by atoms with van der Waals surface area (Å²) in [7, 11) is -2.53. The van der Waals surface area contributed by atoms with Crippen molar-refractivity contribution < 1.29 is 37.0 Å². The van der Waals surface area contributed by atoms with Crippen LogP contribution in [0.25, 0.3) is 0 Å². The third-order valence-corrected chi connectivity index (χ3v) is 8.88. The van der Waals surface area contributed by atoms with Crippen molar-refractivity contribution in [2.45, 2.75) is 71.6 Å². The van der Waals surface area contributed by atoms with Crippen molar-refractivity contribution in [2.75, 3.05) is 53.1 Å². The Bertz CT molecular complexity index is 1020. The number of hydrogen-bond acceptors (Lipinski definition) is 8. The number of piperidine rings is 1. The first-order valence-corrected chi connectivity index (χ1v) is 15.8. The quantitative estimate of drug-likeness (QED) is 0.275. The molecule has 3 rings (SSSR count). The van der Waals surface area contributed by atoms with Crippen LogP contribution in [-0.2, 0) is 29.2 Å². The number of carbonyl (C=O) groups excluding carboxylic acids is 2. The Balaban J connectivity index is 0.00000274. The van der Waals surface area contributed by atoms with E-state index in [1.165, 1.54) is 20.6 Å². The van der Waals surface area contributed by atoms with E-state index in [-0.39, 0.29) is 52.1 Å². The van der Waals surface area contributed by atoms with E-state index in [4.69, 9.17) is 30.5 Å². The number of esters is 1. The van der Waals surface area contributed by atoms with E-state index in [1.54, 1.807) is 31.2 Å². The Morgan fingerprint density at radius 2 is 1.65 bits per heavy atom. The molecule has 2 heterocycles. The van der Waals surface area contributed by atoms with Gasteiger partial charge in [0.1, 0.15) is 24.5 Å². The van der Waals surface area contributed by atoms with Gasteiger partial charge in [-0.15, -0.1) is 0 Å². The smallest absolute Gasteiger partial charge is 0.410 e. The van der Waals surface area contributed by atoms with Gasteiger partial charge in [0, 0.05) is 37.8 Å². The second-order valence-electron chi connectivity index (χ2n) is 9.22. The van der Waals surface area contributed by atoms with E-state index in [0.29, 0.717) is 30.0 Å². The number of hydrogen-bond donors (Lipinski definition) is 0. The van der Waals surface area contributed by atoms with Crippen LogP contribution in [-0.4, -0.2) is 105 Å². The zero-order chi connectivity index (χ0) is 29.7. The van der Waals surface area contributed by atoms with Gasteiger partial charge in [-0.25, -0.2) is 4.79 Å². The Morgan fingerprint density at radius 3 is 2.23 bits per heavy atom. The van der Waals surface area contributed by atoms with Gasteiger partial charge in [-0.1, -0.05) is 38.8 Å². The monoisotopic (exact) mass is 605 g/mol. The number of methoxy groups -OCH3 is 1. The summed E-state index contributed by atoms with van der Waals surface area (Å²) in [4.78, 5) is 27.2. The van der Waals surface area contributed by atoms with E-state index in [9.17, 15) is 18.0 Å². The van der Waals surface area contributed by atoms with Gasteiger partial charge >= 0.3 is 12.1 Å². The van der Waals surface area contributed by atoms with E-state index < -0.39 is 34.4 Å². The van der Waals surface area contributed by atoms with Gasteiger partial charge < -0.3 is 23.8 Å². The van der Waals surface area contributed by atoms with Gasteiger partial charge in [-0.3, -0.25) is 4.79 Å². The molecular formula is C27H44ClN3O8S. The molecule has 0 bridgehead atoms. The summed E-state index contributed by atoms with van der Waals surface area (Å²) in [5.41, 5.74) is 0. The van der Waals surface area contributed by atoms with Crippen LogP contribution in [0, 0.1) is 0 Å². The first kappa shape index (κ1) is 34.1. The van der Waals surface area contributed by atoms with Crippen molar-refractivity contribution in [3.63, 3.8) is 0 Å². The lowest BCUT2D eigenvalue weighted by Crippen LogP contribution is -2.66. The van der Waals surface area contributed by atoms with Crippen molar-refractivity contribution in [1.29, 1.82) is 0 Å². The number of piperazine rings is 1. The number of benzene rings is 1. The highest BCUT2D eigenvalue weighted by Gasteiger charge is 2.48. The average Bonchev–Trinajstić information content (AvgIpc) is 2.96. The normalized spacial score (nSPS) is 20.8. The molecule has 0 N–H and O–H groups in total. The van der Waals surface area contributed by atoms with E-state index in [1.807, 2.05) is 20.8 Å². The third-order valence-electron chi connectivity index (χ3n) is 6.62. The summed E-state index contributed by atoms with van der Waals surface area (Å²) in [5, 5.41) is 0.610. The fourth-order valence-electron chi connectivity index (χ4n) is 4.68. The molecule has 0 saturated carbocycles. The highest BCUT2D eigenvalue weighted by Crippen LogP contribution is 2.28. The minimum absolute atomic E-state index is 0.0275. The first-order valence-electron chi connectivity index (χ1n) is 14.0. The maximum Gasteiger partial charge on any atom is 0.410 e. The van der Waals surface area contributed by atoms with Crippen LogP contribution in [0.1, 0.15) is 53.4 Å². The predicted octanol–water partition coefficient (Wildman–Crippen LogP) is 3.96. The van der Waals surface area contributed by atoms with Crippen molar-refractivity contribution in [1.82, 2.24) is 13.5 Å². The van der Waals surface area contributed by atoms with Crippen LogP contribution in [0.4, 0.5) is 4.79 Å². The van der Waals surface area contributed by atoms with E-state index >= 15 is 0 Å². The molecule has 2 fully saturated rings. The largest absolute Gasteiger partial charge is 0.490 e. The Hall–Kier alpha value is -2.12. The Labute approximate surface area is 243 Å². The molecule has 2 atom stereocenters. The minimum Gasteiger partial charge on any atom is -0.490 e. The molecule has 0 spiro atoms. The summed E-state index contributed by atoms with van der Waals surface area (Å²) in [6.07, 6.45) is 1.52. The minimum atomic E-state index is -4.03. The molecule has 0 unspecified atom stereocenters. The molecule has 0 aromatic heterocycles. The fraction of sp³-hybridized carbons (Fsp3) is 0.704. The second kappa shape index (κ2) is 17.0. The number of amides is 1. The molecule has 1 amide bonds. The summed E-state index contributed by atoms with van der Waals surface area (Å²) in [6.45, 7) is 8.30. The zero-order valence-corrected chi connectivity index (χ0v) is 25.8. The summed E-state index contributed by atoms with van der Waals surface area (Å²) in [6, 6.07) is 5.43. The van der Waals surface area contributed by atoms with Gasteiger partial charge in [-0.2, -0.15) is 17.0 Å². The maximum absolute atomic E-state index is 13.8. The van der Waals surface area contributed by atoms with Crippen molar-refractivity contribution >= 4 is 33.9 Å². The summed E-state index contributed by atoms with van der Waals surface area (Å²) < 4.78 is 51.7. The summed E-state index contributed by atoms with van der Waals surface area (Å²) >= 11 is 5.94. The topological polar surface area (TPSA) is 115 Å². The summed E-state index contributed by atoms with van der Waals surface area (Å²) in [5.74, 6) is -0.0179. The van der Waals surface area contributed by atoms with Gasteiger partial charge in [0.2, 0.25) is 0 Å². The van der Waals surface area contributed by atoms with Crippen molar-refractivity contribution in [2.24, 2.45) is 0 Å². The third kappa shape index (κ3) is 9.20. The molecule has 228 valence electrons. The standard InChI is InChI=1S/C25H38ClN3O8S.C2H6/c1-4-6-20-17-29(23(24(30)35-5-2)18-28(20)25(31)36-16-15-34-3)38(32,33)27-13-11-22(12-14-27)37-21-9-7-19(26)8-10-21;1-2/h7-10,20,22-23H,4-6,11-18H2,1-3H3;1-2H3/t20-,23+;/m1./s1. The first-order chi connectivity index (χ1) is 19.2. The number of carbonyl (C=O) groups is 2. The number of nitrogens with zero attached hydrogens (tertiary/aromatic N) is 3. The van der Waals surface area contributed by atoms with Crippen molar-refractivity contribution in [3.8, 4) is 5.75 Å². The van der Waals surface area contributed by atoms with Crippen LogP contribution in [0.5, 0.6) is 5.75 Å². The molecule has 2 aliphatic rings. The van der Waals surface area contributed by atoms with Crippen molar-refractivity contribution in [3.05, 3.63) is 29.3 Å². The van der Waals surface area contributed by atoms with Gasteiger partial charge in [-0.05, 0) is 50.5 Å². The Morgan fingerprint density at radius 1 is 1.00 bits per heavy atom. The fourth-order valence-corrected chi connectivity index (χ4v) is 6.61. The molecule has 13 heteroatoms. The lowest BCUT2D eigenvalue weighted by Gasteiger charge is -2.45. The average molecular weight is 606 g/mol. The van der Waals surface area contributed by atoms with Crippen LogP contribution < -0.4 is 4.74 Å². The molecule has 1 aromatic rings. The predicted molar refractivity (Wildman–Crippen MR) is 153 cm³/mol. The van der Waals surface area contributed by atoms with Crippen LogP contribution in [0.2, 0.25) is 5.02 Å². The Kier molecular flexibility index (Phi) is 14.5. The number of rotatable bonds is 11. The number of ether oxygens (including phenoxy) is 4. The highest BCUT2D eigenvalue weighted by atomic mass is 35.5. The molecule has 0 radical (unpaired) electrons. The molecule has 40 heavy (non-hydrogen) atoms. The van der Waals surface area contributed by atoms with Crippen LogP contribution in [0.15, 0.2) is 24.3 Å². The van der Waals surface area contributed by atoms with E-state index in [2.05, 4.69) is 0 Å². The molecule has 0 aliphatic carbocycles. The van der Waals surface area contributed by atoms with Gasteiger partial charge in [0.05, 0.1) is 19.8 Å². The molecule has 2 saturated heterocycles. The van der Waals surface area contributed by atoms with Gasteiger partial charge in [0.15, 0.2) is 0 Å². The highest BCUT2D eigenvalue weighted by molar-refractivity contribution is 7.86.